The van der Waals surface area contributed by atoms with Crippen molar-refractivity contribution in [1.29, 1.82) is 0 Å². The Morgan fingerprint density at radius 3 is 2.83 bits per heavy atom. The number of thiophene rings is 1. The Hall–Kier alpha value is -2.31. The summed E-state index contributed by atoms with van der Waals surface area (Å²) in [5.74, 6) is 1.94. The molecule has 0 radical (unpaired) electrons. The zero-order chi connectivity index (χ0) is 16.2. The molecule has 118 valence electrons. The van der Waals surface area contributed by atoms with Crippen LogP contribution in [0.15, 0.2) is 40.2 Å². The predicted molar refractivity (Wildman–Crippen MR) is 90.9 cm³/mol. The van der Waals surface area contributed by atoms with Crippen molar-refractivity contribution in [3.05, 3.63) is 46.5 Å². The summed E-state index contributed by atoms with van der Waals surface area (Å²) in [6, 6.07) is 9.27. The molecule has 0 unspecified atom stereocenters. The molecular weight excluding hydrogens is 336 g/mol. The average Bonchev–Trinajstić information content (AvgIpc) is 3.25. The highest BCUT2D eigenvalue weighted by atomic mass is 35.5. The molecule has 3 rings (SSSR count). The molecule has 2 aromatic heterocycles. The molecule has 0 aliphatic carbocycles. The van der Waals surface area contributed by atoms with Crippen molar-refractivity contribution in [1.82, 2.24) is 10.1 Å². The first-order valence-electron chi connectivity index (χ1n) is 6.68. The van der Waals surface area contributed by atoms with Gasteiger partial charge in [0.15, 0.2) is 0 Å². The van der Waals surface area contributed by atoms with Gasteiger partial charge in [0.05, 0.1) is 19.8 Å². The van der Waals surface area contributed by atoms with Crippen LogP contribution in [-0.2, 0) is 0 Å². The average molecular weight is 349 g/mol. The second kappa shape index (κ2) is 6.85. The molecule has 3 aromatic rings. The number of nitrogens with zero attached hydrogens (tertiary/aromatic N) is 2. The topological polar surface area (TPSA) is 57.4 Å². The number of aromatic nitrogens is 2. The maximum Gasteiger partial charge on any atom is 0.269 e. The monoisotopic (exact) mass is 348 g/mol. The molecule has 1 aromatic carbocycles. The second-order valence-electron chi connectivity index (χ2n) is 4.50. The molecule has 0 aliphatic rings. The molecule has 0 aliphatic heterocycles. The summed E-state index contributed by atoms with van der Waals surface area (Å²) >= 11 is 7.81. The van der Waals surface area contributed by atoms with Gasteiger partial charge in [-0.05, 0) is 29.7 Å². The number of ether oxygens (including phenoxy) is 2. The van der Waals surface area contributed by atoms with Gasteiger partial charge in [0.2, 0.25) is 5.82 Å². The number of halogens is 1. The quantitative estimate of drug-likeness (QED) is 0.676. The van der Waals surface area contributed by atoms with Crippen LogP contribution in [0.5, 0.6) is 11.5 Å². The Bertz CT molecular complexity index is 828. The minimum atomic E-state index is 0.257. The van der Waals surface area contributed by atoms with E-state index in [4.69, 9.17) is 25.6 Å². The summed E-state index contributed by atoms with van der Waals surface area (Å²) in [4.78, 5) is 5.34. The number of hydrogen-bond donors (Lipinski definition) is 0. The fourth-order valence-corrected chi connectivity index (χ4v) is 2.89. The Morgan fingerprint density at radius 1 is 1.26 bits per heavy atom. The van der Waals surface area contributed by atoms with Gasteiger partial charge in [0, 0.05) is 10.9 Å². The van der Waals surface area contributed by atoms with Gasteiger partial charge in [-0.15, -0.1) is 11.3 Å². The first-order chi connectivity index (χ1) is 11.2. The van der Waals surface area contributed by atoms with Gasteiger partial charge in [0.25, 0.3) is 5.89 Å². The maximum absolute atomic E-state index is 6.24. The molecule has 0 saturated carbocycles. The summed E-state index contributed by atoms with van der Waals surface area (Å²) in [6.45, 7) is 0. The summed E-state index contributed by atoms with van der Waals surface area (Å²) in [7, 11) is 3.17. The van der Waals surface area contributed by atoms with Crippen LogP contribution < -0.4 is 9.47 Å². The normalized spacial score (nSPS) is 11.5. The lowest BCUT2D eigenvalue weighted by Crippen LogP contribution is -1.91. The van der Waals surface area contributed by atoms with Crippen LogP contribution >= 0.6 is 22.9 Å². The van der Waals surface area contributed by atoms with Gasteiger partial charge >= 0.3 is 0 Å². The van der Waals surface area contributed by atoms with Crippen LogP contribution in [0, 0.1) is 0 Å². The van der Waals surface area contributed by atoms with Gasteiger partial charge in [-0.2, -0.15) is 4.98 Å². The van der Waals surface area contributed by atoms with E-state index in [1.807, 2.05) is 23.6 Å². The van der Waals surface area contributed by atoms with E-state index in [-0.39, 0.29) is 5.89 Å². The lowest BCUT2D eigenvalue weighted by molar-refractivity contribution is 0.393. The molecule has 0 spiro atoms. The van der Waals surface area contributed by atoms with E-state index in [1.165, 1.54) is 0 Å². The maximum atomic E-state index is 6.24. The smallest absolute Gasteiger partial charge is 0.269 e. The first kappa shape index (κ1) is 15.6. The Morgan fingerprint density at radius 2 is 2.13 bits per heavy atom. The molecular formula is C16H13ClN2O3S. The van der Waals surface area contributed by atoms with Crippen molar-refractivity contribution in [3.63, 3.8) is 0 Å². The highest BCUT2D eigenvalue weighted by Gasteiger charge is 2.16. The summed E-state index contributed by atoms with van der Waals surface area (Å²) < 4.78 is 15.8. The highest BCUT2D eigenvalue weighted by molar-refractivity contribution is 7.11. The molecule has 23 heavy (non-hydrogen) atoms. The minimum Gasteiger partial charge on any atom is -0.497 e. The summed E-state index contributed by atoms with van der Waals surface area (Å²) in [5.41, 5.74) is 0.698. The predicted octanol–water partition coefficient (Wildman–Crippen LogP) is 4.55. The third-order valence-electron chi connectivity index (χ3n) is 3.09. The van der Waals surface area contributed by atoms with Gasteiger partial charge in [-0.25, -0.2) is 0 Å². The molecule has 0 amide bonds. The third kappa shape index (κ3) is 3.38. The number of benzene rings is 1. The van der Waals surface area contributed by atoms with E-state index in [2.05, 4.69) is 10.1 Å². The number of methoxy groups -OCH3 is 2. The van der Waals surface area contributed by atoms with Crippen molar-refractivity contribution < 1.29 is 14.0 Å². The molecule has 5 nitrogen and oxygen atoms in total. The molecule has 0 atom stereocenters. The lowest BCUT2D eigenvalue weighted by atomic mass is 10.2. The fraction of sp³-hybridized carbons (Fsp3) is 0.125. The van der Waals surface area contributed by atoms with Crippen LogP contribution in [0.4, 0.5) is 0 Å². The molecule has 7 heteroatoms. The highest BCUT2D eigenvalue weighted by Crippen LogP contribution is 2.33. The van der Waals surface area contributed by atoms with Gasteiger partial charge in [-0.3, -0.25) is 0 Å². The van der Waals surface area contributed by atoms with Crippen LogP contribution in [0.1, 0.15) is 10.8 Å². The molecule has 2 heterocycles. The molecule has 0 saturated heterocycles. The van der Waals surface area contributed by atoms with Crippen molar-refractivity contribution in [2.75, 3.05) is 14.2 Å². The first-order valence-corrected chi connectivity index (χ1v) is 7.94. The Labute approximate surface area is 142 Å². The summed E-state index contributed by atoms with van der Waals surface area (Å²) in [6.07, 6.45) is 1.79. The summed E-state index contributed by atoms with van der Waals surface area (Å²) in [5, 5.41) is 6.33. The van der Waals surface area contributed by atoms with Crippen molar-refractivity contribution in [2.24, 2.45) is 0 Å². The number of hydrogen-bond acceptors (Lipinski definition) is 6. The lowest BCUT2D eigenvalue weighted by Gasteiger charge is -2.07. The molecule has 0 fully saturated rings. The Balaban J connectivity index is 1.93. The van der Waals surface area contributed by atoms with Crippen LogP contribution in [-0.4, -0.2) is 24.4 Å². The van der Waals surface area contributed by atoms with E-state index in [1.54, 1.807) is 43.8 Å². The molecule has 0 bridgehead atoms. The van der Waals surface area contributed by atoms with Crippen molar-refractivity contribution >= 4 is 34.0 Å². The van der Waals surface area contributed by atoms with E-state index in [0.29, 0.717) is 27.9 Å². The van der Waals surface area contributed by atoms with Crippen LogP contribution in [0.2, 0.25) is 0 Å². The Kier molecular flexibility index (Phi) is 4.64. The van der Waals surface area contributed by atoms with Crippen LogP contribution in [0.25, 0.3) is 22.5 Å². The minimum absolute atomic E-state index is 0.257. The second-order valence-corrected chi connectivity index (χ2v) is 5.88. The molecule has 0 N–H and O–H groups in total. The third-order valence-corrected chi connectivity index (χ3v) is 4.18. The van der Waals surface area contributed by atoms with E-state index >= 15 is 0 Å². The van der Waals surface area contributed by atoms with E-state index < -0.39 is 0 Å². The largest absolute Gasteiger partial charge is 0.497 e. The van der Waals surface area contributed by atoms with Gasteiger partial charge < -0.3 is 14.0 Å². The number of rotatable bonds is 5. The van der Waals surface area contributed by atoms with Crippen molar-refractivity contribution in [2.45, 2.75) is 0 Å². The standard InChI is InChI=1S/C16H13ClN2O3S/c1-20-10-5-6-12(14(8-10)21-2)15-18-16(22-19-15)13(17)9-11-4-3-7-23-11/h3-9H,1-2H3/b13-9-. The van der Waals surface area contributed by atoms with Crippen LogP contribution in [0.3, 0.4) is 0 Å². The SMILES string of the molecule is COc1ccc(-c2noc(/C(Cl)=C/c3cccs3)n2)c(OC)c1. The van der Waals surface area contributed by atoms with E-state index in [0.717, 1.165) is 4.88 Å². The van der Waals surface area contributed by atoms with Gasteiger partial charge in [-0.1, -0.05) is 22.8 Å². The van der Waals surface area contributed by atoms with Gasteiger partial charge in [0.1, 0.15) is 16.5 Å². The zero-order valence-corrected chi connectivity index (χ0v) is 14.0. The zero-order valence-electron chi connectivity index (χ0n) is 12.4. The van der Waals surface area contributed by atoms with Crippen molar-refractivity contribution in [3.8, 4) is 22.9 Å². The van der Waals surface area contributed by atoms with E-state index in [9.17, 15) is 0 Å². The fourth-order valence-electron chi connectivity index (χ4n) is 1.97.